The van der Waals surface area contributed by atoms with Gasteiger partial charge in [-0.3, -0.25) is 0 Å². The van der Waals surface area contributed by atoms with E-state index in [0.29, 0.717) is 17.2 Å². The van der Waals surface area contributed by atoms with E-state index in [1.165, 1.54) is 0 Å². The number of ether oxygens (including phenoxy) is 1. The molecule has 0 amide bonds. The van der Waals surface area contributed by atoms with E-state index in [9.17, 15) is 0 Å². The molecular formula is C16H17N3O. The number of benzene rings is 1. The highest BCUT2D eigenvalue weighted by atomic mass is 16.5. The number of hydrogen-bond donors (Lipinski definition) is 1. The van der Waals surface area contributed by atoms with Crippen molar-refractivity contribution in [3.8, 4) is 17.7 Å². The molecule has 0 radical (unpaired) electrons. The number of nitrogens with zero attached hydrogens (tertiary/aromatic N) is 2. The van der Waals surface area contributed by atoms with Crippen molar-refractivity contribution in [1.29, 1.82) is 5.26 Å². The highest BCUT2D eigenvalue weighted by molar-refractivity contribution is 5.39. The predicted octanol–water partition coefficient (Wildman–Crippen LogP) is 3.42. The maximum Gasteiger partial charge on any atom is 0.223 e. The number of rotatable bonds is 5. The summed E-state index contributed by atoms with van der Waals surface area (Å²) in [5.41, 5.74) is 1.57. The summed E-state index contributed by atoms with van der Waals surface area (Å²) < 4.78 is 5.82. The van der Waals surface area contributed by atoms with Gasteiger partial charge in [-0.2, -0.15) is 5.26 Å². The van der Waals surface area contributed by atoms with E-state index in [4.69, 9.17) is 10.00 Å². The van der Waals surface area contributed by atoms with E-state index in [0.717, 1.165) is 12.1 Å². The second-order valence-corrected chi connectivity index (χ2v) is 4.42. The Balaban J connectivity index is 2.27. The van der Waals surface area contributed by atoms with E-state index in [1.54, 1.807) is 24.4 Å². The first kappa shape index (κ1) is 14.0. The minimum absolute atomic E-state index is 0.155. The number of aromatic nitrogens is 1. The SMILES string of the molecule is CCNC(C)c1cccnc1Oc1cccc(C#N)c1. The topological polar surface area (TPSA) is 57.9 Å². The largest absolute Gasteiger partial charge is 0.439 e. The van der Waals surface area contributed by atoms with Crippen LogP contribution in [0.15, 0.2) is 42.6 Å². The zero-order chi connectivity index (χ0) is 14.4. The monoisotopic (exact) mass is 267 g/mol. The van der Waals surface area contributed by atoms with Gasteiger partial charge in [-0.05, 0) is 37.7 Å². The molecular weight excluding hydrogens is 250 g/mol. The molecule has 0 saturated carbocycles. The fourth-order valence-electron chi connectivity index (χ4n) is 1.97. The van der Waals surface area contributed by atoms with Crippen molar-refractivity contribution >= 4 is 0 Å². The Morgan fingerprint density at radius 2 is 2.20 bits per heavy atom. The molecule has 0 fully saturated rings. The van der Waals surface area contributed by atoms with Crippen LogP contribution in [0, 0.1) is 11.3 Å². The highest BCUT2D eigenvalue weighted by Gasteiger charge is 2.12. The number of nitrogens with one attached hydrogen (secondary N) is 1. The fourth-order valence-corrected chi connectivity index (χ4v) is 1.97. The standard InChI is InChI=1S/C16H17N3O/c1-3-18-12(2)15-8-5-9-19-16(15)20-14-7-4-6-13(10-14)11-17/h4-10,12,18H,3H2,1-2H3. The Morgan fingerprint density at radius 3 is 2.95 bits per heavy atom. The maximum atomic E-state index is 8.91. The Morgan fingerprint density at radius 1 is 1.35 bits per heavy atom. The van der Waals surface area contributed by atoms with Gasteiger partial charge in [0.1, 0.15) is 5.75 Å². The summed E-state index contributed by atoms with van der Waals surface area (Å²) in [4.78, 5) is 4.29. The molecule has 0 aliphatic carbocycles. The van der Waals surface area contributed by atoms with Crippen LogP contribution >= 0.6 is 0 Å². The van der Waals surface area contributed by atoms with Crippen molar-refractivity contribution < 1.29 is 4.74 Å². The molecule has 2 rings (SSSR count). The second kappa shape index (κ2) is 6.69. The van der Waals surface area contributed by atoms with Crippen LogP contribution in [0.25, 0.3) is 0 Å². The first-order chi connectivity index (χ1) is 9.74. The van der Waals surface area contributed by atoms with Gasteiger partial charge in [0.2, 0.25) is 5.88 Å². The average molecular weight is 267 g/mol. The van der Waals surface area contributed by atoms with Gasteiger partial charge in [0.25, 0.3) is 0 Å². The molecule has 0 saturated heterocycles. The van der Waals surface area contributed by atoms with Gasteiger partial charge in [0, 0.05) is 17.8 Å². The van der Waals surface area contributed by atoms with Crippen molar-refractivity contribution in [3.05, 3.63) is 53.7 Å². The molecule has 0 aliphatic heterocycles. The van der Waals surface area contributed by atoms with Crippen molar-refractivity contribution in [2.45, 2.75) is 19.9 Å². The van der Waals surface area contributed by atoms with Gasteiger partial charge >= 0.3 is 0 Å². The molecule has 1 atom stereocenters. The second-order valence-electron chi connectivity index (χ2n) is 4.42. The van der Waals surface area contributed by atoms with Gasteiger partial charge in [-0.25, -0.2) is 4.98 Å². The molecule has 2 aromatic rings. The average Bonchev–Trinajstić information content (AvgIpc) is 2.48. The van der Waals surface area contributed by atoms with E-state index in [-0.39, 0.29) is 6.04 Å². The van der Waals surface area contributed by atoms with Crippen LogP contribution in [0.3, 0.4) is 0 Å². The molecule has 1 N–H and O–H groups in total. The van der Waals surface area contributed by atoms with Gasteiger partial charge in [0.05, 0.1) is 11.6 Å². The number of pyridine rings is 1. The van der Waals surface area contributed by atoms with E-state index >= 15 is 0 Å². The van der Waals surface area contributed by atoms with Gasteiger partial charge < -0.3 is 10.1 Å². The summed E-state index contributed by atoms with van der Waals surface area (Å²) in [5, 5.41) is 12.2. The Labute approximate surface area is 119 Å². The summed E-state index contributed by atoms with van der Waals surface area (Å²) in [7, 11) is 0. The molecule has 4 nitrogen and oxygen atoms in total. The molecule has 102 valence electrons. The molecule has 1 aromatic carbocycles. The first-order valence-corrected chi connectivity index (χ1v) is 6.61. The van der Waals surface area contributed by atoms with E-state index < -0.39 is 0 Å². The molecule has 20 heavy (non-hydrogen) atoms. The van der Waals surface area contributed by atoms with Crippen molar-refractivity contribution in [2.75, 3.05) is 6.54 Å². The normalized spacial score (nSPS) is 11.7. The zero-order valence-corrected chi connectivity index (χ0v) is 11.6. The summed E-state index contributed by atoms with van der Waals surface area (Å²) in [6, 6.07) is 13.2. The molecule has 4 heteroatoms. The number of nitriles is 1. The summed E-state index contributed by atoms with van der Waals surface area (Å²) in [6.45, 7) is 5.00. The lowest BCUT2D eigenvalue weighted by Crippen LogP contribution is -2.18. The van der Waals surface area contributed by atoms with Crippen LogP contribution in [-0.4, -0.2) is 11.5 Å². The van der Waals surface area contributed by atoms with Crippen LogP contribution in [-0.2, 0) is 0 Å². The molecule has 1 aromatic heterocycles. The molecule has 0 bridgehead atoms. The van der Waals surface area contributed by atoms with Crippen LogP contribution in [0.4, 0.5) is 0 Å². The third-order valence-corrected chi connectivity index (χ3v) is 2.96. The van der Waals surface area contributed by atoms with Crippen LogP contribution in [0.5, 0.6) is 11.6 Å². The number of hydrogen-bond acceptors (Lipinski definition) is 4. The summed E-state index contributed by atoms with van der Waals surface area (Å²) in [5.74, 6) is 1.18. The fraction of sp³-hybridized carbons (Fsp3) is 0.250. The zero-order valence-electron chi connectivity index (χ0n) is 11.6. The summed E-state index contributed by atoms with van der Waals surface area (Å²) >= 11 is 0. The minimum Gasteiger partial charge on any atom is -0.439 e. The Hall–Kier alpha value is -2.38. The first-order valence-electron chi connectivity index (χ1n) is 6.61. The lowest BCUT2D eigenvalue weighted by Gasteiger charge is -2.16. The lowest BCUT2D eigenvalue weighted by molar-refractivity contribution is 0.444. The quantitative estimate of drug-likeness (QED) is 0.901. The Kier molecular flexibility index (Phi) is 4.70. The van der Waals surface area contributed by atoms with Crippen LogP contribution in [0.1, 0.15) is 31.0 Å². The van der Waals surface area contributed by atoms with E-state index in [1.807, 2.05) is 18.2 Å². The Bertz CT molecular complexity index is 619. The molecule has 0 aliphatic rings. The van der Waals surface area contributed by atoms with Crippen molar-refractivity contribution in [2.24, 2.45) is 0 Å². The lowest BCUT2D eigenvalue weighted by atomic mass is 10.1. The molecule has 1 unspecified atom stereocenters. The maximum absolute atomic E-state index is 8.91. The third kappa shape index (κ3) is 3.34. The smallest absolute Gasteiger partial charge is 0.223 e. The highest BCUT2D eigenvalue weighted by Crippen LogP contribution is 2.27. The summed E-state index contributed by atoms with van der Waals surface area (Å²) in [6.07, 6.45) is 1.70. The van der Waals surface area contributed by atoms with Crippen molar-refractivity contribution in [3.63, 3.8) is 0 Å². The van der Waals surface area contributed by atoms with E-state index in [2.05, 4.69) is 30.2 Å². The van der Waals surface area contributed by atoms with Gasteiger partial charge in [-0.15, -0.1) is 0 Å². The van der Waals surface area contributed by atoms with Crippen molar-refractivity contribution in [1.82, 2.24) is 10.3 Å². The van der Waals surface area contributed by atoms with Crippen LogP contribution in [0.2, 0.25) is 0 Å². The van der Waals surface area contributed by atoms with Gasteiger partial charge in [0.15, 0.2) is 0 Å². The minimum atomic E-state index is 0.155. The van der Waals surface area contributed by atoms with Crippen LogP contribution < -0.4 is 10.1 Å². The van der Waals surface area contributed by atoms with Gasteiger partial charge in [-0.1, -0.05) is 19.1 Å². The molecule has 0 spiro atoms. The predicted molar refractivity (Wildman–Crippen MR) is 77.6 cm³/mol. The third-order valence-electron chi connectivity index (χ3n) is 2.96. The molecule has 1 heterocycles.